The number of hydrogen-bond donors (Lipinski definition) is 2. The highest BCUT2D eigenvalue weighted by atomic mass is 19.4. The Hall–Kier alpha value is -1.80. The molecule has 0 radical (unpaired) electrons. The molecule has 2 N–H and O–H groups in total. The summed E-state index contributed by atoms with van der Waals surface area (Å²) in [5, 5.41) is 10.2. The van der Waals surface area contributed by atoms with E-state index in [2.05, 4.69) is 0 Å². The number of alkyl halides is 3. The Morgan fingerprint density at radius 2 is 2.00 bits per heavy atom. The van der Waals surface area contributed by atoms with Gasteiger partial charge in [0.1, 0.15) is 18.5 Å². The van der Waals surface area contributed by atoms with Crippen LogP contribution in [0.1, 0.15) is 12.8 Å². The zero-order chi connectivity index (χ0) is 14.8. The molecule has 0 aliphatic carbocycles. The van der Waals surface area contributed by atoms with Gasteiger partial charge in [-0.05, 0) is 12.8 Å². The Labute approximate surface area is 106 Å². The maximum atomic E-state index is 12.4. The molecule has 19 heavy (non-hydrogen) atoms. The van der Waals surface area contributed by atoms with E-state index < -0.39 is 48.9 Å². The third kappa shape index (κ3) is 3.83. The molecule has 1 heterocycles. The molecule has 0 aromatic carbocycles. The van der Waals surface area contributed by atoms with Gasteiger partial charge in [0, 0.05) is 7.05 Å². The first-order chi connectivity index (χ1) is 8.62. The lowest BCUT2D eigenvalue weighted by atomic mass is 9.92. The highest BCUT2D eigenvalue weighted by Crippen LogP contribution is 2.28. The number of aliphatic carboxylic acids is 1. The van der Waals surface area contributed by atoms with E-state index >= 15 is 0 Å². The molecule has 0 aromatic heterocycles. The molecule has 0 spiro atoms. The number of carbonyl (C=O) groups is 3. The third-order valence-corrected chi connectivity index (χ3v) is 2.82. The van der Waals surface area contributed by atoms with Crippen LogP contribution in [0.5, 0.6) is 0 Å². The van der Waals surface area contributed by atoms with Crippen LogP contribution in [0.2, 0.25) is 0 Å². The molecular weight excluding hydrogens is 269 g/mol. The summed E-state index contributed by atoms with van der Waals surface area (Å²) in [6.07, 6.45) is -5.19. The Kier molecular flexibility index (Phi) is 4.38. The van der Waals surface area contributed by atoms with Gasteiger partial charge < -0.3 is 15.3 Å². The topological polar surface area (TPSA) is 86.7 Å². The van der Waals surface area contributed by atoms with E-state index in [0.717, 1.165) is 4.90 Å². The molecule has 6 nitrogen and oxygen atoms in total. The van der Waals surface area contributed by atoms with Crippen LogP contribution in [0.4, 0.5) is 13.2 Å². The number of nitrogens with zero attached hydrogens (tertiary/aromatic N) is 1. The molecule has 0 bridgehead atoms. The van der Waals surface area contributed by atoms with Crippen LogP contribution in [-0.4, -0.2) is 53.6 Å². The number of halogens is 3. The molecule has 2 atom stereocenters. The van der Waals surface area contributed by atoms with Crippen molar-refractivity contribution in [2.75, 3.05) is 13.6 Å². The minimum Gasteiger partial charge on any atom is -0.480 e. The summed E-state index contributed by atoms with van der Waals surface area (Å²) >= 11 is 0. The van der Waals surface area contributed by atoms with Crippen molar-refractivity contribution < 1.29 is 32.7 Å². The van der Waals surface area contributed by atoms with Crippen molar-refractivity contribution in [3.63, 3.8) is 0 Å². The van der Waals surface area contributed by atoms with E-state index in [1.54, 1.807) is 5.32 Å². The zero-order valence-corrected chi connectivity index (χ0v) is 10.0. The second-order valence-corrected chi connectivity index (χ2v) is 4.32. The summed E-state index contributed by atoms with van der Waals surface area (Å²) in [5.41, 5.74) is 0. The Balaban J connectivity index is 2.66. The Morgan fingerprint density at radius 3 is 2.42 bits per heavy atom. The highest BCUT2D eigenvalue weighted by Gasteiger charge is 2.46. The number of piperidine rings is 1. The fraction of sp³-hybridized carbons (Fsp3) is 0.700. The van der Waals surface area contributed by atoms with E-state index in [9.17, 15) is 27.6 Å². The van der Waals surface area contributed by atoms with Gasteiger partial charge in [0.05, 0.1) is 0 Å². The fourth-order valence-electron chi connectivity index (χ4n) is 1.84. The number of hydrogen-bond acceptors (Lipinski definition) is 3. The van der Waals surface area contributed by atoms with Crippen LogP contribution in [0.3, 0.4) is 0 Å². The van der Waals surface area contributed by atoms with Crippen molar-refractivity contribution in [1.29, 1.82) is 0 Å². The molecule has 9 heteroatoms. The first kappa shape index (κ1) is 15.3. The number of likely N-dealkylation sites (N-methyl/N-ethyl adjacent to an activating group) is 1. The van der Waals surface area contributed by atoms with Gasteiger partial charge in [-0.15, -0.1) is 0 Å². The Bertz CT molecular complexity index is 397. The number of carboxylic acid groups (broad SMARTS) is 1. The molecule has 0 aromatic rings. The van der Waals surface area contributed by atoms with Gasteiger partial charge >= 0.3 is 12.1 Å². The molecule has 1 fully saturated rings. The van der Waals surface area contributed by atoms with Gasteiger partial charge in [0.2, 0.25) is 11.8 Å². The van der Waals surface area contributed by atoms with Crippen molar-refractivity contribution in [3.8, 4) is 0 Å². The second-order valence-electron chi connectivity index (χ2n) is 4.32. The summed E-state index contributed by atoms with van der Waals surface area (Å²) in [5.74, 6) is -4.33. The summed E-state index contributed by atoms with van der Waals surface area (Å²) in [7, 11) is 1.18. The molecule has 0 saturated carbocycles. The fourth-order valence-corrected chi connectivity index (χ4v) is 1.84. The Morgan fingerprint density at radius 1 is 1.42 bits per heavy atom. The summed E-state index contributed by atoms with van der Waals surface area (Å²) in [6.45, 7) is -0.606. The molecule has 1 rings (SSSR count). The first-order valence-corrected chi connectivity index (χ1v) is 5.46. The molecular formula is C10H13F3N2O4. The van der Waals surface area contributed by atoms with Crippen LogP contribution >= 0.6 is 0 Å². The largest absolute Gasteiger partial charge is 0.480 e. The lowest BCUT2D eigenvalue weighted by Gasteiger charge is -2.31. The van der Waals surface area contributed by atoms with Crippen molar-refractivity contribution in [2.45, 2.75) is 25.1 Å². The molecule has 1 aliphatic rings. The summed E-state index contributed by atoms with van der Waals surface area (Å²) < 4.78 is 37.2. The van der Waals surface area contributed by atoms with Crippen molar-refractivity contribution >= 4 is 17.8 Å². The summed E-state index contributed by atoms with van der Waals surface area (Å²) in [4.78, 5) is 34.4. The van der Waals surface area contributed by atoms with Crippen LogP contribution in [0.25, 0.3) is 0 Å². The highest BCUT2D eigenvalue weighted by molar-refractivity contribution is 6.01. The molecule has 1 aliphatic heterocycles. The van der Waals surface area contributed by atoms with E-state index in [-0.39, 0.29) is 6.42 Å². The number of carbonyl (C=O) groups excluding carboxylic acids is 2. The third-order valence-electron chi connectivity index (χ3n) is 2.82. The number of carboxylic acids is 1. The van der Waals surface area contributed by atoms with Gasteiger partial charge in [0.25, 0.3) is 0 Å². The second kappa shape index (κ2) is 5.45. The zero-order valence-electron chi connectivity index (χ0n) is 10.0. The van der Waals surface area contributed by atoms with Gasteiger partial charge in [-0.25, -0.2) is 0 Å². The number of nitrogens with one attached hydrogen (secondary N) is 1. The van der Waals surface area contributed by atoms with Crippen LogP contribution < -0.4 is 5.32 Å². The quantitative estimate of drug-likeness (QED) is 0.713. The molecule has 2 amide bonds. The lowest BCUT2D eigenvalue weighted by Crippen LogP contribution is -2.54. The van der Waals surface area contributed by atoms with Crippen LogP contribution in [-0.2, 0) is 14.4 Å². The minimum absolute atomic E-state index is 0.251. The lowest BCUT2D eigenvalue weighted by molar-refractivity contribution is -0.172. The van der Waals surface area contributed by atoms with Gasteiger partial charge in [-0.1, -0.05) is 0 Å². The average Bonchev–Trinajstić information content (AvgIpc) is 2.25. The smallest absolute Gasteiger partial charge is 0.408 e. The minimum atomic E-state index is -4.54. The first-order valence-electron chi connectivity index (χ1n) is 5.46. The van der Waals surface area contributed by atoms with Gasteiger partial charge in [-0.3, -0.25) is 14.4 Å². The normalized spacial score (nSPS) is 23.7. The maximum absolute atomic E-state index is 12.4. The maximum Gasteiger partial charge on any atom is 0.408 e. The standard InChI is InChI=1S/C10H13F3N2O4/c1-15(4-7(16)17)9(19)5-2-3-6(10(11,12)13)14-8(5)18/h5-6H,2-4H2,1H3,(H,14,18)(H,16,17)/t5-,6+/m1/s1. The van der Waals surface area contributed by atoms with E-state index in [4.69, 9.17) is 5.11 Å². The van der Waals surface area contributed by atoms with E-state index in [1.807, 2.05) is 0 Å². The molecule has 0 unspecified atom stereocenters. The number of rotatable bonds is 3. The van der Waals surface area contributed by atoms with Crippen LogP contribution in [0, 0.1) is 5.92 Å². The van der Waals surface area contributed by atoms with Crippen LogP contribution in [0.15, 0.2) is 0 Å². The predicted molar refractivity (Wildman–Crippen MR) is 56.0 cm³/mol. The molecule has 108 valence electrons. The van der Waals surface area contributed by atoms with Crippen molar-refractivity contribution in [2.24, 2.45) is 5.92 Å². The predicted octanol–water partition coefficient (Wildman–Crippen LogP) is -0.0135. The van der Waals surface area contributed by atoms with Crippen molar-refractivity contribution in [1.82, 2.24) is 10.2 Å². The summed E-state index contributed by atoms with van der Waals surface area (Å²) in [6, 6.07) is -1.95. The number of amides is 2. The SMILES string of the molecule is CN(CC(=O)O)C(=O)[C@@H]1CC[C@@H](C(F)(F)F)NC1=O. The average molecular weight is 282 g/mol. The van der Waals surface area contributed by atoms with Gasteiger partial charge in [0.15, 0.2) is 0 Å². The monoisotopic (exact) mass is 282 g/mol. The van der Waals surface area contributed by atoms with Gasteiger partial charge in [-0.2, -0.15) is 13.2 Å². The molecule has 1 saturated heterocycles. The van der Waals surface area contributed by atoms with E-state index in [1.165, 1.54) is 7.05 Å². The van der Waals surface area contributed by atoms with Crippen molar-refractivity contribution in [3.05, 3.63) is 0 Å². The van der Waals surface area contributed by atoms with E-state index in [0.29, 0.717) is 0 Å².